The van der Waals surface area contributed by atoms with E-state index in [9.17, 15) is 23.1 Å². The van der Waals surface area contributed by atoms with Gasteiger partial charge in [-0.15, -0.1) is 0 Å². The van der Waals surface area contributed by atoms with E-state index in [-0.39, 0.29) is 12.2 Å². The third kappa shape index (κ3) is 3.08. The number of hydrogen-bond acceptors (Lipinski definition) is 4. The second-order valence-corrected chi connectivity index (χ2v) is 3.98. The van der Waals surface area contributed by atoms with Crippen LogP contribution in [0.15, 0.2) is 35.4 Å². The summed E-state index contributed by atoms with van der Waals surface area (Å²) in [7, 11) is 0. The Kier molecular flexibility index (Phi) is 3.64. The van der Waals surface area contributed by atoms with Crippen LogP contribution < -0.4 is 10.9 Å². The van der Waals surface area contributed by atoms with E-state index in [1.54, 1.807) is 0 Å². The lowest BCUT2D eigenvalue weighted by Gasteiger charge is -2.10. The van der Waals surface area contributed by atoms with Crippen molar-refractivity contribution in [3.05, 3.63) is 52.1 Å². The number of hydrogen-bond donors (Lipinski definition) is 3. The van der Waals surface area contributed by atoms with Gasteiger partial charge in [0.2, 0.25) is 5.88 Å². The third-order valence-electron chi connectivity index (χ3n) is 2.56. The van der Waals surface area contributed by atoms with Crippen LogP contribution in [0.5, 0.6) is 5.88 Å². The highest BCUT2D eigenvalue weighted by Gasteiger charge is 2.30. The number of aromatic hydroxyl groups is 1. The number of H-pyrrole nitrogens is 1. The van der Waals surface area contributed by atoms with Gasteiger partial charge in [0.1, 0.15) is 0 Å². The number of nitrogens with one attached hydrogen (secondary N) is 2. The Labute approximate surface area is 111 Å². The van der Waals surface area contributed by atoms with Gasteiger partial charge >= 0.3 is 6.18 Å². The summed E-state index contributed by atoms with van der Waals surface area (Å²) < 4.78 is 37.6. The van der Waals surface area contributed by atoms with E-state index in [1.807, 2.05) is 0 Å². The maximum atomic E-state index is 12.5. The molecule has 0 amide bonds. The molecule has 8 heteroatoms. The summed E-state index contributed by atoms with van der Waals surface area (Å²) in [6.07, 6.45) is -3.41. The number of aromatic amines is 1. The molecule has 0 unspecified atom stereocenters. The van der Waals surface area contributed by atoms with Crippen LogP contribution in [0.2, 0.25) is 0 Å². The van der Waals surface area contributed by atoms with Crippen LogP contribution in [0.25, 0.3) is 0 Å². The van der Waals surface area contributed by atoms with Gasteiger partial charge in [-0.25, -0.2) is 4.98 Å². The molecular weight excluding hydrogens is 275 g/mol. The molecule has 0 saturated heterocycles. The van der Waals surface area contributed by atoms with E-state index >= 15 is 0 Å². The monoisotopic (exact) mass is 285 g/mol. The molecule has 2 rings (SSSR count). The minimum atomic E-state index is -4.43. The number of alkyl halides is 3. The predicted molar refractivity (Wildman–Crippen MR) is 65.3 cm³/mol. The van der Waals surface area contributed by atoms with Crippen molar-refractivity contribution in [2.45, 2.75) is 12.7 Å². The Morgan fingerprint density at radius 3 is 2.75 bits per heavy atom. The highest BCUT2D eigenvalue weighted by molar-refractivity contribution is 5.49. The normalized spacial score (nSPS) is 11.3. The third-order valence-corrected chi connectivity index (χ3v) is 2.56. The Morgan fingerprint density at radius 2 is 2.10 bits per heavy atom. The molecule has 0 radical (unpaired) electrons. The van der Waals surface area contributed by atoms with E-state index in [0.717, 1.165) is 18.5 Å². The smallest absolute Gasteiger partial charge is 0.416 e. The minimum Gasteiger partial charge on any atom is -0.492 e. The molecule has 3 N–H and O–H groups in total. The van der Waals surface area contributed by atoms with Gasteiger partial charge in [-0.1, -0.05) is 12.1 Å². The molecule has 0 fully saturated rings. The zero-order valence-corrected chi connectivity index (χ0v) is 10.0. The second kappa shape index (κ2) is 5.24. The summed E-state index contributed by atoms with van der Waals surface area (Å²) in [6, 6.07) is 4.67. The van der Waals surface area contributed by atoms with Gasteiger partial charge in [0, 0.05) is 6.54 Å². The Morgan fingerprint density at radius 1 is 1.35 bits per heavy atom. The van der Waals surface area contributed by atoms with Crippen LogP contribution in [-0.4, -0.2) is 15.1 Å². The maximum Gasteiger partial charge on any atom is 0.416 e. The first kappa shape index (κ1) is 13.9. The van der Waals surface area contributed by atoms with Crippen LogP contribution in [0.1, 0.15) is 11.1 Å². The zero-order valence-electron chi connectivity index (χ0n) is 10.0. The zero-order chi connectivity index (χ0) is 14.8. The Balaban J connectivity index is 2.18. The van der Waals surface area contributed by atoms with Gasteiger partial charge in [0.05, 0.1) is 11.9 Å². The number of benzene rings is 1. The van der Waals surface area contributed by atoms with Crippen molar-refractivity contribution in [2.75, 3.05) is 5.32 Å². The molecule has 5 nitrogen and oxygen atoms in total. The lowest BCUT2D eigenvalue weighted by molar-refractivity contribution is -0.137. The van der Waals surface area contributed by atoms with E-state index in [2.05, 4.69) is 15.3 Å². The van der Waals surface area contributed by atoms with Crippen LogP contribution in [0.4, 0.5) is 18.9 Å². The standard InChI is InChI=1S/C12H10F3N3O2/c13-12(14,15)8-3-1-2-7(4-8)5-16-9-10(19)17-6-18-11(9)20/h1-4,6,16H,5H2,(H2,17,18,19,20). The van der Waals surface area contributed by atoms with Gasteiger partial charge in [-0.2, -0.15) is 13.2 Å². The van der Waals surface area contributed by atoms with Gasteiger partial charge in [0.25, 0.3) is 5.56 Å². The van der Waals surface area contributed by atoms with Gasteiger partial charge in [0.15, 0.2) is 5.69 Å². The number of halogens is 3. The average molecular weight is 285 g/mol. The number of aromatic nitrogens is 2. The fourth-order valence-electron chi connectivity index (χ4n) is 1.60. The SMILES string of the molecule is O=c1[nH]cnc(O)c1NCc1cccc(C(F)(F)F)c1. The molecule has 0 saturated carbocycles. The van der Waals surface area contributed by atoms with Crippen LogP contribution in [0.3, 0.4) is 0 Å². The molecule has 0 aliphatic heterocycles. The molecule has 1 aromatic heterocycles. The Hall–Kier alpha value is -2.51. The van der Waals surface area contributed by atoms with Crippen molar-refractivity contribution in [1.82, 2.24) is 9.97 Å². The quantitative estimate of drug-likeness (QED) is 0.807. The van der Waals surface area contributed by atoms with Crippen molar-refractivity contribution in [3.8, 4) is 5.88 Å². The summed E-state index contributed by atoms with van der Waals surface area (Å²) in [5, 5.41) is 11.9. The first-order chi connectivity index (χ1) is 9.38. The minimum absolute atomic E-state index is 0.0494. The molecule has 0 spiro atoms. The molecule has 0 bridgehead atoms. The summed E-state index contributed by atoms with van der Waals surface area (Å²) in [6.45, 7) is -0.0494. The van der Waals surface area contributed by atoms with E-state index in [0.29, 0.717) is 5.56 Å². The first-order valence-electron chi connectivity index (χ1n) is 5.54. The molecule has 20 heavy (non-hydrogen) atoms. The number of nitrogens with zero attached hydrogens (tertiary/aromatic N) is 1. The molecular formula is C12H10F3N3O2. The highest BCUT2D eigenvalue weighted by atomic mass is 19.4. The van der Waals surface area contributed by atoms with Crippen molar-refractivity contribution >= 4 is 5.69 Å². The van der Waals surface area contributed by atoms with E-state index in [4.69, 9.17) is 0 Å². The van der Waals surface area contributed by atoms with Crippen molar-refractivity contribution in [1.29, 1.82) is 0 Å². The van der Waals surface area contributed by atoms with E-state index in [1.165, 1.54) is 12.1 Å². The van der Waals surface area contributed by atoms with Gasteiger partial charge in [-0.05, 0) is 17.7 Å². The lowest BCUT2D eigenvalue weighted by Crippen LogP contribution is -2.14. The average Bonchev–Trinajstić information content (AvgIpc) is 2.37. The topological polar surface area (TPSA) is 78.0 Å². The molecule has 0 atom stereocenters. The fraction of sp³-hybridized carbons (Fsp3) is 0.167. The largest absolute Gasteiger partial charge is 0.492 e. The predicted octanol–water partition coefficient (Wildman–Crippen LogP) is 2.11. The highest BCUT2D eigenvalue weighted by Crippen LogP contribution is 2.29. The second-order valence-electron chi connectivity index (χ2n) is 3.98. The lowest BCUT2D eigenvalue weighted by atomic mass is 10.1. The summed E-state index contributed by atoms with van der Waals surface area (Å²) in [5.74, 6) is -0.513. The summed E-state index contributed by atoms with van der Waals surface area (Å²) in [5.41, 5.74) is -1.25. The van der Waals surface area contributed by atoms with E-state index < -0.39 is 23.2 Å². The van der Waals surface area contributed by atoms with Crippen LogP contribution in [0, 0.1) is 0 Å². The number of rotatable bonds is 3. The fourth-order valence-corrected chi connectivity index (χ4v) is 1.60. The molecule has 0 aliphatic rings. The van der Waals surface area contributed by atoms with Crippen LogP contribution in [-0.2, 0) is 12.7 Å². The molecule has 0 aliphatic carbocycles. The molecule has 1 aromatic carbocycles. The maximum absolute atomic E-state index is 12.5. The Bertz CT molecular complexity index is 667. The summed E-state index contributed by atoms with van der Waals surface area (Å²) >= 11 is 0. The first-order valence-corrected chi connectivity index (χ1v) is 5.54. The molecule has 2 aromatic rings. The van der Waals surface area contributed by atoms with Gasteiger partial charge < -0.3 is 15.4 Å². The number of anilines is 1. The van der Waals surface area contributed by atoms with Crippen molar-refractivity contribution in [2.24, 2.45) is 0 Å². The van der Waals surface area contributed by atoms with Crippen LogP contribution >= 0.6 is 0 Å². The van der Waals surface area contributed by atoms with Crippen molar-refractivity contribution < 1.29 is 18.3 Å². The molecule has 1 heterocycles. The molecule has 106 valence electrons. The summed E-state index contributed by atoms with van der Waals surface area (Å²) in [4.78, 5) is 17.1. The van der Waals surface area contributed by atoms with Crippen molar-refractivity contribution in [3.63, 3.8) is 0 Å². The van der Waals surface area contributed by atoms with Gasteiger partial charge in [-0.3, -0.25) is 4.79 Å².